The van der Waals surface area contributed by atoms with Crippen molar-refractivity contribution in [3.63, 3.8) is 0 Å². The van der Waals surface area contributed by atoms with Crippen LogP contribution in [-0.2, 0) is 11.2 Å². The number of hydrogen-bond donors (Lipinski definition) is 1. The third-order valence-corrected chi connectivity index (χ3v) is 5.85. The van der Waals surface area contributed by atoms with Gasteiger partial charge in [0.25, 0.3) is 0 Å². The molecule has 0 spiro atoms. The summed E-state index contributed by atoms with van der Waals surface area (Å²) in [5.74, 6) is 1.61. The Labute approximate surface area is 143 Å². The Balaban J connectivity index is 1.49. The van der Waals surface area contributed by atoms with Crippen molar-refractivity contribution in [2.24, 2.45) is 5.92 Å². The van der Waals surface area contributed by atoms with Crippen LogP contribution in [0, 0.1) is 5.92 Å². The molecule has 1 N–H and O–H groups in total. The molecule has 2 fully saturated rings. The quantitative estimate of drug-likeness (QED) is 0.613. The molecular weight excluding hydrogens is 308 g/mol. The highest BCUT2D eigenvalue weighted by molar-refractivity contribution is 7.98. The smallest absolute Gasteiger partial charge is 0.223 e. The Hall–Kier alpha value is -1.04. The first-order valence-electron chi connectivity index (χ1n) is 9.05. The minimum Gasteiger partial charge on any atom is -0.356 e. The van der Waals surface area contributed by atoms with E-state index >= 15 is 0 Å². The summed E-state index contributed by atoms with van der Waals surface area (Å²) in [6.45, 7) is 0.751. The second-order valence-corrected chi connectivity index (χ2v) is 7.56. The Morgan fingerprint density at radius 1 is 1.17 bits per heavy atom. The zero-order valence-corrected chi connectivity index (χ0v) is 14.9. The highest BCUT2D eigenvalue weighted by atomic mass is 32.2. The van der Waals surface area contributed by atoms with Gasteiger partial charge in [0.1, 0.15) is 5.82 Å². The fourth-order valence-electron chi connectivity index (χ4n) is 3.94. The summed E-state index contributed by atoms with van der Waals surface area (Å²) in [6.07, 6.45) is 13.6. The van der Waals surface area contributed by atoms with Gasteiger partial charge in [-0.2, -0.15) is 0 Å². The summed E-state index contributed by atoms with van der Waals surface area (Å²) < 4.78 is 2.36. The number of aryl methyl sites for hydroxylation is 1. The molecular formula is C17H28N4OS. The first kappa shape index (κ1) is 16.8. The van der Waals surface area contributed by atoms with Crippen molar-refractivity contribution in [2.45, 2.75) is 75.4 Å². The van der Waals surface area contributed by atoms with E-state index in [1.54, 1.807) is 11.8 Å². The topological polar surface area (TPSA) is 59.8 Å². The molecule has 0 bridgehead atoms. The van der Waals surface area contributed by atoms with Crippen molar-refractivity contribution < 1.29 is 4.79 Å². The van der Waals surface area contributed by atoms with Crippen molar-refractivity contribution >= 4 is 17.7 Å². The Bertz CT molecular complexity index is 519. The molecule has 0 aromatic carbocycles. The fraction of sp³-hybridized carbons (Fsp3) is 0.824. The minimum atomic E-state index is 0.254. The van der Waals surface area contributed by atoms with Gasteiger partial charge in [0.15, 0.2) is 5.16 Å². The second kappa shape index (κ2) is 8.18. The van der Waals surface area contributed by atoms with E-state index in [1.165, 1.54) is 38.5 Å². The minimum absolute atomic E-state index is 0.254. The molecule has 23 heavy (non-hydrogen) atoms. The molecule has 2 aliphatic carbocycles. The van der Waals surface area contributed by atoms with E-state index in [4.69, 9.17) is 0 Å². The van der Waals surface area contributed by atoms with E-state index in [0.29, 0.717) is 6.04 Å². The molecule has 1 aromatic heterocycles. The monoisotopic (exact) mass is 336 g/mol. The fourth-order valence-corrected chi connectivity index (χ4v) is 4.51. The average molecular weight is 337 g/mol. The number of amides is 1. The number of carbonyl (C=O) groups excluding carboxylic acids is 1. The van der Waals surface area contributed by atoms with Crippen molar-refractivity contribution in [1.82, 2.24) is 20.1 Å². The Morgan fingerprint density at radius 2 is 1.87 bits per heavy atom. The van der Waals surface area contributed by atoms with Gasteiger partial charge in [0.2, 0.25) is 5.91 Å². The van der Waals surface area contributed by atoms with E-state index in [2.05, 4.69) is 26.3 Å². The summed E-state index contributed by atoms with van der Waals surface area (Å²) in [5, 5.41) is 12.9. The normalized spacial score (nSPS) is 19.5. The molecule has 128 valence electrons. The van der Waals surface area contributed by atoms with E-state index in [0.717, 1.165) is 43.2 Å². The van der Waals surface area contributed by atoms with Crippen LogP contribution >= 0.6 is 11.8 Å². The molecule has 3 rings (SSSR count). The highest BCUT2D eigenvalue weighted by Gasteiger charge is 2.24. The lowest BCUT2D eigenvalue weighted by atomic mass is 10.1. The van der Waals surface area contributed by atoms with Crippen LogP contribution in [0.2, 0.25) is 0 Å². The van der Waals surface area contributed by atoms with E-state index < -0.39 is 0 Å². The molecule has 0 saturated heterocycles. The zero-order chi connectivity index (χ0) is 16.1. The van der Waals surface area contributed by atoms with Crippen LogP contribution in [0.25, 0.3) is 0 Å². The van der Waals surface area contributed by atoms with Gasteiger partial charge in [0.05, 0.1) is 0 Å². The highest BCUT2D eigenvalue weighted by Crippen LogP contribution is 2.33. The molecule has 2 saturated carbocycles. The summed E-state index contributed by atoms with van der Waals surface area (Å²) in [7, 11) is 0. The number of carbonyl (C=O) groups is 1. The molecule has 0 unspecified atom stereocenters. The summed E-state index contributed by atoms with van der Waals surface area (Å²) in [4.78, 5) is 12.0. The lowest BCUT2D eigenvalue weighted by Crippen LogP contribution is -2.30. The maximum absolute atomic E-state index is 12.0. The van der Waals surface area contributed by atoms with Gasteiger partial charge < -0.3 is 9.88 Å². The molecule has 5 nitrogen and oxygen atoms in total. The number of thioether (sulfide) groups is 1. The number of nitrogens with zero attached hydrogens (tertiary/aromatic N) is 3. The third-order valence-electron chi connectivity index (χ3n) is 5.21. The molecule has 1 heterocycles. The standard InChI is InChI=1S/C17H28N4OS/c1-23-17-20-19-15(21(17)14-9-4-5-10-14)11-6-12-18-16(22)13-7-2-3-8-13/h13-14H,2-12H2,1H3,(H,18,22). The van der Waals surface area contributed by atoms with Gasteiger partial charge in [-0.05, 0) is 38.4 Å². The Morgan fingerprint density at radius 3 is 2.57 bits per heavy atom. The maximum atomic E-state index is 12.0. The first-order chi connectivity index (χ1) is 11.3. The molecule has 0 aliphatic heterocycles. The first-order valence-corrected chi connectivity index (χ1v) is 10.3. The van der Waals surface area contributed by atoms with Gasteiger partial charge >= 0.3 is 0 Å². The molecule has 2 aliphatic rings. The zero-order valence-electron chi connectivity index (χ0n) is 14.1. The van der Waals surface area contributed by atoms with E-state index in [1.807, 2.05) is 0 Å². The van der Waals surface area contributed by atoms with E-state index in [-0.39, 0.29) is 11.8 Å². The SMILES string of the molecule is CSc1nnc(CCCNC(=O)C2CCCC2)n1C1CCCC1. The van der Waals surface area contributed by atoms with Crippen LogP contribution in [0.15, 0.2) is 5.16 Å². The second-order valence-electron chi connectivity index (χ2n) is 6.79. The number of rotatable bonds is 7. The Kier molecular flexibility index (Phi) is 5.97. The maximum Gasteiger partial charge on any atom is 0.223 e. The van der Waals surface area contributed by atoms with Gasteiger partial charge in [-0.25, -0.2) is 0 Å². The lowest BCUT2D eigenvalue weighted by Gasteiger charge is -2.16. The van der Waals surface area contributed by atoms with Crippen LogP contribution < -0.4 is 5.32 Å². The van der Waals surface area contributed by atoms with Crippen molar-refractivity contribution in [3.05, 3.63) is 5.82 Å². The van der Waals surface area contributed by atoms with E-state index in [9.17, 15) is 4.79 Å². The third kappa shape index (κ3) is 4.08. The van der Waals surface area contributed by atoms with Crippen molar-refractivity contribution in [1.29, 1.82) is 0 Å². The molecule has 1 amide bonds. The largest absolute Gasteiger partial charge is 0.356 e. The van der Waals surface area contributed by atoms with Crippen molar-refractivity contribution in [3.8, 4) is 0 Å². The predicted octanol–water partition coefficient (Wildman–Crippen LogP) is 3.35. The number of nitrogens with one attached hydrogen (secondary N) is 1. The van der Waals surface area contributed by atoms with Gasteiger partial charge in [-0.3, -0.25) is 4.79 Å². The van der Waals surface area contributed by atoms with Gasteiger partial charge in [-0.15, -0.1) is 10.2 Å². The predicted molar refractivity (Wildman–Crippen MR) is 92.6 cm³/mol. The average Bonchev–Trinajstić information content (AvgIpc) is 3.32. The van der Waals surface area contributed by atoms with Gasteiger partial charge in [-0.1, -0.05) is 37.4 Å². The number of aromatic nitrogens is 3. The van der Waals surface area contributed by atoms with Crippen LogP contribution in [0.4, 0.5) is 0 Å². The lowest BCUT2D eigenvalue weighted by molar-refractivity contribution is -0.124. The summed E-state index contributed by atoms with van der Waals surface area (Å²) >= 11 is 1.68. The molecule has 1 aromatic rings. The van der Waals surface area contributed by atoms with Crippen molar-refractivity contribution in [2.75, 3.05) is 12.8 Å². The summed E-state index contributed by atoms with van der Waals surface area (Å²) in [6, 6.07) is 0.579. The number of hydrogen-bond acceptors (Lipinski definition) is 4. The molecule has 0 atom stereocenters. The van der Waals surface area contributed by atoms with Crippen LogP contribution in [0.1, 0.15) is 69.7 Å². The molecule has 0 radical (unpaired) electrons. The van der Waals surface area contributed by atoms with Crippen LogP contribution in [0.3, 0.4) is 0 Å². The van der Waals surface area contributed by atoms with Crippen LogP contribution in [0.5, 0.6) is 0 Å². The summed E-state index contributed by atoms with van der Waals surface area (Å²) in [5.41, 5.74) is 0. The molecule has 6 heteroatoms. The van der Waals surface area contributed by atoms with Crippen LogP contribution in [-0.4, -0.2) is 33.5 Å². The van der Waals surface area contributed by atoms with Gasteiger partial charge in [0, 0.05) is 24.9 Å².